The second kappa shape index (κ2) is 6.03. The van der Waals surface area contributed by atoms with E-state index in [4.69, 9.17) is 23.2 Å². The fourth-order valence-electron chi connectivity index (χ4n) is 1.23. The van der Waals surface area contributed by atoms with Crippen molar-refractivity contribution in [2.24, 2.45) is 0 Å². The Labute approximate surface area is 106 Å². The van der Waals surface area contributed by atoms with Crippen LogP contribution in [0.3, 0.4) is 0 Å². The van der Waals surface area contributed by atoms with E-state index in [2.05, 4.69) is 0 Å². The van der Waals surface area contributed by atoms with Gasteiger partial charge in [-0.25, -0.2) is 0 Å². The van der Waals surface area contributed by atoms with Crippen LogP contribution in [0.15, 0.2) is 23.1 Å². The maximum atomic E-state index is 12.2. The lowest BCUT2D eigenvalue weighted by Crippen LogP contribution is -1.99. The maximum Gasteiger partial charge on any atom is 0.446 e. The third-order valence-corrected chi connectivity index (χ3v) is 2.95. The number of rotatable bonds is 4. The third kappa shape index (κ3) is 5.32. The standard InChI is InChI=1S/C10H9Cl2F3S/c11-3-1-2-7-4-8(12)6-9(5-7)16-10(13,14)15/h4-6H,1-3H2. The van der Waals surface area contributed by atoms with Crippen molar-refractivity contribution in [2.75, 3.05) is 5.88 Å². The summed E-state index contributed by atoms with van der Waals surface area (Å²) in [6.07, 6.45) is 1.35. The fraction of sp³-hybridized carbons (Fsp3) is 0.400. The van der Waals surface area contributed by atoms with Crippen LogP contribution < -0.4 is 0 Å². The Bertz CT molecular complexity index is 352. The normalized spacial score (nSPS) is 11.8. The molecule has 0 saturated carbocycles. The zero-order chi connectivity index (χ0) is 12.2. The van der Waals surface area contributed by atoms with Gasteiger partial charge in [-0.1, -0.05) is 11.6 Å². The predicted molar refractivity (Wildman–Crippen MR) is 62.4 cm³/mol. The number of hydrogen-bond acceptors (Lipinski definition) is 1. The second-order valence-corrected chi connectivity index (χ2v) is 5.09. The third-order valence-electron chi connectivity index (χ3n) is 1.76. The Morgan fingerprint density at radius 2 is 1.88 bits per heavy atom. The molecule has 6 heteroatoms. The van der Waals surface area contributed by atoms with Gasteiger partial charge in [-0.05, 0) is 48.4 Å². The van der Waals surface area contributed by atoms with E-state index in [1.807, 2.05) is 0 Å². The summed E-state index contributed by atoms with van der Waals surface area (Å²) in [5, 5.41) is 0.318. The van der Waals surface area contributed by atoms with Crippen LogP contribution in [0.1, 0.15) is 12.0 Å². The van der Waals surface area contributed by atoms with Crippen LogP contribution in [0.2, 0.25) is 5.02 Å². The molecule has 0 saturated heterocycles. The van der Waals surface area contributed by atoms with Gasteiger partial charge in [0.2, 0.25) is 0 Å². The molecule has 0 fully saturated rings. The minimum atomic E-state index is -4.28. The van der Waals surface area contributed by atoms with E-state index in [1.54, 1.807) is 6.07 Å². The van der Waals surface area contributed by atoms with Gasteiger partial charge >= 0.3 is 5.51 Å². The monoisotopic (exact) mass is 288 g/mol. The van der Waals surface area contributed by atoms with Crippen LogP contribution in [0.4, 0.5) is 13.2 Å². The molecule has 1 rings (SSSR count). The van der Waals surface area contributed by atoms with Gasteiger partial charge in [0.15, 0.2) is 0 Å². The first kappa shape index (κ1) is 14.0. The van der Waals surface area contributed by atoms with Crippen molar-refractivity contribution in [1.29, 1.82) is 0 Å². The molecule has 16 heavy (non-hydrogen) atoms. The van der Waals surface area contributed by atoms with Crippen molar-refractivity contribution < 1.29 is 13.2 Å². The van der Waals surface area contributed by atoms with E-state index in [-0.39, 0.29) is 16.7 Å². The molecule has 0 bridgehead atoms. The van der Waals surface area contributed by atoms with E-state index in [0.29, 0.717) is 17.3 Å². The summed E-state index contributed by atoms with van der Waals surface area (Å²) >= 11 is 11.1. The molecule has 0 aliphatic carbocycles. The highest BCUT2D eigenvalue weighted by Crippen LogP contribution is 2.38. The Morgan fingerprint density at radius 3 is 2.44 bits per heavy atom. The number of halogens is 5. The lowest BCUT2D eigenvalue weighted by molar-refractivity contribution is -0.0328. The summed E-state index contributed by atoms with van der Waals surface area (Å²) in [6, 6.07) is 4.47. The maximum absolute atomic E-state index is 12.2. The van der Waals surface area contributed by atoms with Gasteiger partial charge in [0.1, 0.15) is 0 Å². The molecule has 0 unspecified atom stereocenters. The lowest BCUT2D eigenvalue weighted by atomic mass is 10.1. The molecular formula is C10H9Cl2F3S. The second-order valence-electron chi connectivity index (χ2n) is 3.14. The van der Waals surface area contributed by atoms with Crippen molar-refractivity contribution in [3.05, 3.63) is 28.8 Å². The SMILES string of the molecule is FC(F)(F)Sc1cc(Cl)cc(CCCCl)c1. The zero-order valence-corrected chi connectivity index (χ0v) is 10.5. The molecule has 0 amide bonds. The van der Waals surface area contributed by atoms with Crippen LogP contribution in [-0.2, 0) is 6.42 Å². The van der Waals surface area contributed by atoms with E-state index in [0.717, 1.165) is 12.0 Å². The van der Waals surface area contributed by atoms with Crippen molar-refractivity contribution in [2.45, 2.75) is 23.2 Å². The number of hydrogen-bond donors (Lipinski definition) is 0. The summed E-state index contributed by atoms with van der Waals surface area (Å²) in [5.74, 6) is 0.480. The summed E-state index contributed by atoms with van der Waals surface area (Å²) in [6.45, 7) is 0. The Morgan fingerprint density at radius 1 is 1.19 bits per heavy atom. The minimum absolute atomic E-state index is 0.115. The Hall–Kier alpha value is -0.0600. The Balaban J connectivity index is 2.81. The van der Waals surface area contributed by atoms with E-state index in [9.17, 15) is 13.2 Å². The average molecular weight is 289 g/mol. The lowest BCUT2D eigenvalue weighted by Gasteiger charge is -2.08. The highest BCUT2D eigenvalue weighted by Gasteiger charge is 2.29. The quantitative estimate of drug-likeness (QED) is 0.547. The van der Waals surface area contributed by atoms with Gasteiger partial charge in [0.05, 0.1) is 0 Å². The van der Waals surface area contributed by atoms with Gasteiger partial charge in [-0.3, -0.25) is 0 Å². The van der Waals surface area contributed by atoms with Crippen LogP contribution >= 0.6 is 35.0 Å². The average Bonchev–Trinajstić information content (AvgIpc) is 2.10. The zero-order valence-electron chi connectivity index (χ0n) is 8.15. The van der Waals surface area contributed by atoms with Crippen LogP contribution in [0.5, 0.6) is 0 Å². The van der Waals surface area contributed by atoms with Crippen LogP contribution in [0.25, 0.3) is 0 Å². The van der Waals surface area contributed by atoms with Crippen LogP contribution in [0, 0.1) is 0 Å². The molecule has 1 aromatic rings. The number of benzene rings is 1. The van der Waals surface area contributed by atoms with Gasteiger partial charge in [0.25, 0.3) is 0 Å². The first-order valence-corrected chi connectivity index (χ1v) is 6.25. The van der Waals surface area contributed by atoms with E-state index in [1.165, 1.54) is 12.1 Å². The molecule has 1 aromatic carbocycles. The van der Waals surface area contributed by atoms with Crippen molar-refractivity contribution in [1.82, 2.24) is 0 Å². The summed E-state index contributed by atoms with van der Waals surface area (Å²) in [7, 11) is 0. The Kier molecular flexibility index (Phi) is 5.28. The van der Waals surface area contributed by atoms with Crippen LogP contribution in [-0.4, -0.2) is 11.4 Å². The fourth-order valence-corrected chi connectivity index (χ4v) is 2.35. The first-order chi connectivity index (χ1) is 7.40. The van der Waals surface area contributed by atoms with Crippen molar-refractivity contribution in [3.63, 3.8) is 0 Å². The predicted octanol–water partition coefficient (Wildman–Crippen LogP) is 5.12. The largest absolute Gasteiger partial charge is 0.446 e. The highest BCUT2D eigenvalue weighted by molar-refractivity contribution is 8.00. The molecule has 90 valence electrons. The molecule has 0 aliphatic rings. The van der Waals surface area contributed by atoms with Crippen molar-refractivity contribution >= 4 is 35.0 Å². The van der Waals surface area contributed by atoms with Gasteiger partial charge < -0.3 is 0 Å². The number of thioether (sulfide) groups is 1. The molecule has 0 aliphatic heterocycles. The number of aryl methyl sites for hydroxylation is 1. The molecule has 0 spiro atoms. The van der Waals surface area contributed by atoms with E-state index >= 15 is 0 Å². The summed E-state index contributed by atoms with van der Waals surface area (Å²) < 4.78 is 36.5. The molecule has 0 atom stereocenters. The highest BCUT2D eigenvalue weighted by atomic mass is 35.5. The molecular weight excluding hydrogens is 280 g/mol. The van der Waals surface area contributed by atoms with Crippen molar-refractivity contribution in [3.8, 4) is 0 Å². The molecule has 0 aromatic heterocycles. The minimum Gasteiger partial charge on any atom is -0.160 e. The number of alkyl halides is 4. The molecule has 0 heterocycles. The smallest absolute Gasteiger partial charge is 0.160 e. The summed E-state index contributed by atoms with van der Waals surface area (Å²) in [5.41, 5.74) is -3.51. The molecule has 0 nitrogen and oxygen atoms in total. The van der Waals surface area contributed by atoms with Gasteiger partial charge in [-0.15, -0.1) is 11.6 Å². The topological polar surface area (TPSA) is 0 Å². The van der Waals surface area contributed by atoms with E-state index < -0.39 is 5.51 Å². The summed E-state index contributed by atoms with van der Waals surface area (Å²) in [4.78, 5) is 0.115. The van der Waals surface area contributed by atoms with Gasteiger partial charge in [-0.2, -0.15) is 13.2 Å². The molecule has 0 radical (unpaired) electrons. The molecule has 0 N–H and O–H groups in total. The van der Waals surface area contributed by atoms with Gasteiger partial charge in [0, 0.05) is 15.8 Å². The first-order valence-electron chi connectivity index (χ1n) is 4.52.